The average Bonchev–Trinajstić information content (AvgIpc) is 2.65. The van der Waals surface area contributed by atoms with E-state index in [1.165, 1.54) is 11.1 Å². The normalized spacial score (nSPS) is 10.4. The summed E-state index contributed by atoms with van der Waals surface area (Å²) in [6.07, 6.45) is 0. The highest BCUT2D eigenvalue weighted by Gasteiger charge is 2.05. The van der Waals surface area contributed by atoms with Crippen molar-refractivity contribution in [2.75, 3.05) is 17.7 Å². The Bertz CT molecular complexity index is 879. The minimum atomic E-state index is 0.600. The zero-order chi connectivity index (χ0) is 18.4. The molecule has 2 N–H and O–H groups in total. The standard InChI is InChI=1S/C21H24N4O/c1-15-7-6-8-17(11-15)13-22-20-12-16(2)24-21(25-20)23-14-18-9-4-5-10-19(18)26-3/h4-12H,13-14H2,1-3H3,(H2,22,23,24,25). The smallest absolute Gasteiger partial charge is 0.225 e. The van der Waals surface area contributed by atoms with Crippen LogP contribution < -0.4 is 15.4 Å². The van der Waals surface area contributed by atoms with Crippen molar-refractivity contribution in [3.63, 3.8) is 0 Å². The lowest BCUT2D eigenvalue weighted by Gasteiger charge is -2.12. The summed E-state index contributed by atoms with van der Waals surface area (Å²) >= 11 is 0. The van der Waals surface area contributed by atoms with Crippen LogP contribution >= 0.6 is 0 Å². The summed E-state index contributed by atoms with van der Waals surface area (Å²) in [6, 6.07) is 18.3. The van der Waals surface area contributed by atoms with Gasteiger partial charge in [-0.25, -0.2) is 4.98 Å². The van der Waals surface area contributed by atoms with Crippen LogP contribution in [0.3, 0.4) is 0 Å². The lowest BCUT2D eigenvalue weighted by molar-refractivity contribution is 0.410. The molecule has 2 aromatic carbocycles. The molecule has 134 valence electrons. The Morgan fingerprint density at radius 3 is 2.54 bits per heavy atom. The highest BCUT2D eigenvalue weighted by molar-refractivity contribution is 5.44. The van der Waals surface area contributed by atoms with Gasteiger partial charge in [0.05, 0.1) is 7.11 Å². The number of hydrogen-bond donors (Lipinski definition) is 2. The maximum atomic E-state index is 5.39. The predicted molar refractivity (Wildman–Crippen MR) is 106 cm³/mol. The number of hydrogen-bond acceptors (Lipinski definition) is 5. The van der Waals surface area contributed by atoms with Crippen molar-refractivity contribution in [2.45, 2.75) is 26.9 Å². The lowest BCUT2D eigenvalue weighted by atomic mass is 10.1. The molecule has 0 bridgehead atoms. The molecule has 0 aliphatic carbocycles. The Kier molecular flexibility index (Phi) is 5.69. The second-order valence-corrected chi connectivity index (χ2v) is 6.23. The van der Waals surface area contributed by atoms with E-state index in [0.717, 1.165) is 29.4 Å². The molecule has 0 saturated heterocycles. The van der Waals surface area contributed by atoms with Crippen LogP contribution in [0.4, 0.5) is 11.8 Å². The first-order chi connectivity index (χ1) is 12.6. The van der Waals surface area contributed by atoms with Gasteiger partial charge in [-0.3, -0.25) is 0 Å². The number of rotatable bonds is 7. The number of benzene rings is 2. The number of aryl methyl sites for hydroxylation is 2. The molecule has 0 fully saturated rings. The third-order valence-corrected chi connectivity index (χ3v) is 4.04. The topological polar surface area (TPSA) is 59.1 Å². The summed E-state index contributed by atoms with van der Waals surface area (Å²) in [5.74, 6) is 2.26. The maximum Gasteiger partial charge on any atom is 0.225 e. The summed E-state index contributed by atoms with van der Waals surface area (Å²) in [4.78, 5) is 9.04. The van der Waals surface area contributed by atoms with Crippen molar-refractivity contribution in [3.05, 3.63) is 77.0 Å². The Labute approximate surface area is 154 Å². The van der Waals surface area contributed by atoms with Crippen LogP contribution in [0.25, 0.3) is 0 Å². The molecule has 0 unspecified atom stereocenters. The van der Waals surface area contributed by atoms with Gasteiger partial charge >= 0.3 is 0 Å². The van der Waals surface area contributed by atoms with Crippen LogP contribution in [0.1, 0.15) is 22.4 Å². The van der Waals surface area contributed by atoms with Gasteiger partial charge < -0.3 is 15.4 Å². The van der Waals surface area contributed by atoms with Gasteiger partial charge in [-0.15, -0.1) is 0 Å². The molecule has 0 amide bonds. The van der Waals surface area contributed by atoms with Crippen molar-refractivity contribution in [2.24, 2.45) is 0 Å². The van der Waals surface area contributed by atoms with E-state index in [-0.39, 0.29) is 0 Å². The first-order valence-electron chi connectivity index (χ1n) is 8.65. The van der Waals surface area contributed by atoms with E-state index < -0.39 is 0 Å². The molecular formula is C21H24N4O. The summed E-state index contributed by atoms with van der Waals surface area (Å²) in [6.45, 7) is 5.39. The minimum Gasteiger partial charge on any atom is -0.496 e. The summed E-state index contributed by atoms with van der Waals surface area (Å²) in [7, 11) is 1.68. The van der Waals surface area contributed by atoms with Crippen LogP contribution in [-0.2, 0) is 13.1 Å². The molecule has 0 aliphatic heterocycles. The van der Waals surface area contributed by atoms with Crippen molar-refractivity contribution in [1.82, 2.24) is 9.97 Å². The Hall–Kier alpha value is -3.08. The number of nitrogens with one attached hydrogen (secondary N) is 2. The third-order valence-electron chi connectivity index (χ3n) is 4.04. The van der Waals surface area contributed by atoms with E-state index in [1.54, 1.807) is 7.11 Å². The zero-order valence-electron chi connectivity index (χ0n) is 15.4. The molecule has 1 aromatic heterocycles. The predicted octanol–water partition coefficient (Wildman–Crippen LogP) is 4.33. The highest BCUT2D eigenvalue weighted by atomic mass is 16.5. The van der Waals surface area contributed by atoms with Gasteiger partial charge in [0.25, 0.3) is 0 Å². The first-order valence-corrected chi connectivity index (χ1v) is 8.65. The molecule has 0 radical (unpaired) electrons. The van der Waals surface area contributed by atoms with Gasteiger partial charge in [-0.1, -0.05) is 48.0 Å². The molecular weight excluding hydrogens is 324 g/mol. The second-order valence-electron chi connectivity index (χ2n) is 6.23. The SMILES string of the molecule is COc1ccccc1CNc1nc(C)cc(NCc2cccc(C)c2)n1. The molecule has 26 heavy (non-hydrogen) atoms. The number of methoxy groups -OCH3 is 1. The van der Waals surface area contributed by atoms with Gasteiger partial charge in [0.1, 0.15) is 11.6 Å². The summed E-state index contributed by atoms with van der Waals surface area (Å²) < 4.78 is 5.39. The molecule has 3 aromatic rings. The summed E-state index contributed by atoms with van der Waals surface area (Å²) in [5, 5.41) is 6.66. The van der Waals surface area contributed by atoms with Crippen molar-refractivity contribution in [1.29, 1.82) is 0 Å². The Morgan fingerprint density at radius 1 is 0.885 bits per heavy atom. The fraction of sp³-hybridized carbons (Fsp3) is 0.238. The van der Waals surface area contributed by atoms with Gasteiger partial charge in [0.2, 0.25) is 5.95 Å². The first kappa shape index (κ1) is 17.7. The molecule has 3 rings (SSSR count). The lowest BCUT2D eigenvalue weighted by Crippen LogP contribution is -2.08. The van der Waals surface area contributed by atoms with Crippen LogP contribution in [0, 0.1) is 13.8 Å². The van der Waals surface area contributed by atoms with E-state index >= 15 is 0 Å². The number of anilines is 2. The fourth-order valence-corrected chi connectivity index (χ4v) is 2.78. The monoisotopic (exact) mass is 348 g/mol. The van der Waals surface area contributed by atoms with Gasteiger partial charge in [0, 0.05) is 30.4 Å². The van der Waals surface area contributed by atoms with Crippen LogP contribution in [-0.4, -0.2) is 17.1 Å². The van der Waals surface area contributed by atoms with Gasteiger partial charge in [-0.2, -0.15) is 4.98 Å². The van der Waals surface area contributed by atoms with Crippen molar-refractivity contribution >= 4 is 11.8 Å². The van der Waals surface area contributed by atoms with E-state index in [0.29, 0.717) is 12.5 Å². The third kappa shape index (κ3) is 4.72. The summed E-state index contributed by atoms with van der Waals surface area (Å²) in [5.41, 5.74) is 4.45. The van der Waals surface area contributed by atoms with Crippen LogP contribution in [0.15, 0.2) is 54.6 Å². The van der Waals surface area contributed by atoms with Gasteiger partial charge in [0.15, 0.2) is 0 Å². The number of aromatic nitrogens is 2. The quantitative estimate of drug-likeness (QED) is 0.666. The van der Waals surface area contributed by atoms with E-state index in [2.05, 4.69) is 51.8 Å². The maximum absolute atomic E-state index is 5.39. The van der Waals surface area contributed by atoms with Crippen LogP contribution in [0.2, 0.25) is 0 Å². The average molecular weight is 348 g/mol. The van der Waals surface area contributed by atoms with E-state index in [4.69, 9.17) is 4.74 Å². The van der Waals surface area contributed by atoms with Crippen LogP contribution in [0.5, 0.6) is 5.75 Å². The molecule has 0 aliphatic rings. The Morgan fingerprint density at radius 2 is 1.73 bits per heavy atom. The van der Waals surface area contributed by atoms with E-state index in [9.17, 15) is 0 Å². The molecule has 5 heteroatoms. The van der Waals surface area contributed by atoms with E-state index in [1.807, 2.05) is 37.3 Å². The molecule has 5 nitrogen and oxygen atoms in total. The number of nitrogens with zero attached hydrogens (tertiary/aromatic N) is 2. The number of ether oxygens (including phenoxy) is 1. The molecule has 0 atom stereocenters. The largest absolute Gasteiger partial charge is 0.496 e. The molecule has 0 saturated carbocycles. The molecule has 0 spiro atoms. The second kappa shape index (κ2) is 8.34. The fourth-order valence-electron chi connectivity index (χ4n) is 2.78. The number of para-hydroxylation sites is 1. The zero-order valence-corrected chi connectivity index (χ0v) is 15.4. The molecule has 1 heterocycles. The highest BCUT2D eigenvalue weighted by Crippen LogP contribution is 2.19. The Balaban J connectivity index is 1.67. The van der Waals surface area contributed by atoms with Crippen molar-refractivity contribution < 1.29 is 4.74 Å². The van der Waals surface area contributed by atoms with Gasteiger partial charge in [-0.05, 0) is 25.5 Å². The van der Waals surface area contributed by atoms with Crippen molar-refractivity contribution in [3.8, 4) is 5.75 Å². The minimum absolute atomic E-state index is 0.600.